The summed E-state index contributed by atoms with van der Waals surface area (Å²) in [6, 6.07) is 18.9. The smallest absolute Gasteiger partial charge is 0.264 e. The van der Waals surface area contributed by atoms with E-state index < -0.39 is 28.5 Å². The Morgan fingerprint density at radius 3 is 2.23 bits per heavy atom. The predicted octanol–water partition coefficient (Wildman–Crippen LogP) is 5.83. The van der Waals surface area contributed by atoms with Crippen LogP contribution in [0, 0.1) is 6.92 Å². The third-order valence-electron chi connectivity index (χ3n) is 6.36. The molecular weight excluding hydrogens is 557 g/mol. The van der Waals surface area contributed by atoms with E-state index in [-0.39, 0.29) is 17.3 Å². The van der Waals surface area contributed by atoms with Gasteiger partial charge in [-0.2, -0.15) is 0 Å². The van der Waals surface area contributed by atoms with Gasteiger partial charge in [0.25, 0.3) is 10.0 Å². The number of nitrogens with one attached hydrogen (secondary N) is 1. The molecule has 0 unspecified atom stereocenters. The van der Waals surface area contributed by atoms with E-state index in [1.54, 1.807) is 62.4 Å². The van der Waals surface area contributed by atoms with Crippen LogP contribution in [0.3, 0.4) is 0 Å². The zero-order chi connectivity index (χ0) is 28.6. The molecule has 0 aliphatic rings. The molecule has 0 aliphatic carbocycles. The number of anilines is 1. The molecule has 0 aromatic heterocycles. The minimum absolute atomic E-state index is 0.00837. The van der Waals surface area contributed by atoms with Gasteiger partial charge in [-0.05, 0) is 67.8 Å². The summed E-state index contributed by atoms with van der Waals surface area (Å²) in [6.45, 7) is 5.41. The van der Waals surface area contributed by atoms with Crippen molar-refractivity contribution >= 4 is 50.7 Å². The predicted molar refractivity (Wildman–Crippen MR) is 157 cm³/mol. The topological polar surface area (TPSA) is 86.8 Å². The minimum atomic E-state index is -4.17. The highest BCUT2D eigenvalue weighted by atomic mass is 35.5. The van der Waals surface area contributed by atoms with Crippen LogP contribution in [-0.2, 0) is 26.2 Å². The number of carbonyl (C=O) groups excluding carboxylic acids is 2. The molecule has 0 aliphatic heterocycles. The van der Waals surface area contributed by atoms with Gasteiger partial charge >= 0.3 is 0 Å². The van der Waals surface area contributed by atoms with E-state index in [2.05, 4.69) is 5.32 Å². The van der Waals surface area contributed by atoms with Gasteiger partial charge in [0.15, 0.2) is 0 Å². The second-order valence-corrected chi connectivity index (χ2v) is 11.9. The van der Waals surface area contributed by atoms with Crippen LogP contribution >= 0.6 is 23.2 Å². The van der Waals surface area contributed by atoms with E-state index in [0.717, 1.165) is 17.1 Å². The summed E-state index contributed by atoms with van der Waals surface area (Å²) in [6.07, 6.45) is 1.71. The number of para-hydroxylation sites is 1. The molecule has 0 saturated carbocycles. The number of hydrogen-bond acceptors (Lipinski definition) is 4. The maximum atomic E-state index is 13.9. The monoisotopic (exact) mass is 589 g/mol. The highest BCUT2D eigenvalue weighted by molar-refractivity contribution is 7.92. The number of unbranched alkanes of at least 4 members (excludes halogenated alkanes) is 1. The molecule has 7 nitrogen and oxygen atoms in total. The van der Waals surface area contributed by atoms with Gasteiger partial charge in [-0.1, -0.05) is 72.9 Å². The van der Waals surface area contributed by atoms with Crippen molar-refractivity contribution in [2.45, 2.75) is 51.1 Å². The van der Waals surface area contributed by atoms with Crippen LogP contribution in [-0.4, -0.2) is 44.3 Å². The number of rotatable bonds is 12. The largest absolute Gasteiger partial charge is 0.354 e. The molecular formula is C29H33Cl2N3O4S. The molecule has 2 amide bonds. The summed E-state index contributed by atoms with van der Waals surface area (Å²) in [5.41, 5.74) is 1.67. The summed E-state index contributed by atoms with van der Waals surface area (Å²) in [5, 5.41) is 3.70. The van der Waals surface area contributed by atoms with Gasteiger partial charge in [-0.25, -0.2) is 8.42 Å². The third kappa shape index (κ3) is 7.75. The van der Waals surface area contributed by atoms with Crippen LogP contribution < -0.4 is 9.62 Å². The first kappa shape index (κ1) is 30.5. The van der Waals surface area contributed by atoms with Gasteiger partial charge in [-0.15, -0.1) is 0 Å². The number of sulfonamides is 1. The molecule has 0 radical (unpaired) electrons. The van der Waals surface area contributed by atoms with Gasteiger partial charge in [0.05, 0.1) is 10.6 Å². The van der Waals surface area contributed by atoms with E-state index in [4.69, 9.17) is 23.2 Å². The molecule has 0 heterocycles. The highest BCUT2D eigenvalue weighted by Crippen LogP contribution is 2.28. The number of hydrogen-bond donors (Lipinski definition) is 1. The first-order chi connectivity index (χ1) is 18.6. The van der Waals surface area contributed by atoms with Gasteiger partial charge in [0, 0.05) is 23.1 Å². The Morgan fingerprint density at radius 1 is 0.949 bits per heavy atom. The summed E-state index contributed by atoms with van der Waals surface area (Å²) in [5.74, 6) is -0.874. The molecule has 0 bridgehead atoms. The van der Waals surface area contributed by atoms with Crippen LogP contribution in [0.5, 0.6) is 0 Å². The number of carbonyl (C=O) groups is 2. The Bertz CT molecular complexity index is 1400. The van der Waals surface area contributed by atoms with Crippen molar-refractivity contribution < 1.29 is 18.0 Å². The van der Waals surface area contributed by atoms with Crippen molar-refractivity contribution in [3.8, 4) is 0 Å². The Labute approximate surface area is 240 Å². The van der Waals surface area contributed by atoms with Gasteiger partial charge in [-0.3, -0.25) is 13.9 Å². The second kappa shape index (κ2) is 13.8. The number of halogens is 2. The van der Waals surface area contributed by atoms with Crippen LogP contribution in [0.25, 0.3) is 0 Å². The molecule has 0 spiro atoms. The summed E-state index contributed by atoms with van der Waals surface area (Å²) >= 11 is 12.4. The molecule has 0 saturated heterocycles. The standard InChI is InChI=1S/C29H33Cl2N3O4S/c1-4-5-18-32-29(36)22(3)33(19-23-11-7-8-12-26(23)31)28(35)20-34(27-13-9-6-10-21(27)2)39(37,38)25-16-14-24(30)15-17-25/h6-17,22H,4-5,18-20H2,1-3H3,(H,32,36)/t22-/m1/s1. The Balaban J connectivity index is 2.02. The zero-order valence-electron chi connectivity index (χ0n) is 22.2. The molecule has 1 N–H and O–H groups in total. The van der Waals surface area contributed by atoms with Crippen LogP contribution in [0.2, 0.25) is 10.0 Å². The van der Waals surface area contributed by atoms with Crippen molar-refractivity contribution in [3.63, 3.8) is 0 Å². The normalized spacial score (nSPS) is 12.0. The average Bonchev–Trinajstić information content (AvgIpc) is 2.91. The lowest BCUT2D eigenvalue weighted by molar-refractivity contribution is -0.139. The van der Waals surface area contributed by atoms with Gasteiger partial charge in [0.2, 0.25) is 11.8 Å². The average molecular weight is 591 g/mol. The number of amides is 2. The third-order valence-corrected chi connectivity index (χ3v) is 8.75. The summed E-state index contributed by atoms with van der Waals surface area (Å²) in [7, 11) is -4.17. The number of benzene rings is 3. The quantitative estimate of drug-likeness (QED) is 0.269. The Kier molecular flexibility index (Phi) is 10.8. The van der Waals surface area contributed by atoms with E-state index in [9.17, 15) is 18.0 Å². The summed E-state index contributed by atoms with van der Waals surface area (Å²) < 4.78 is 28.8. The van der Waals surface area contributed by atoms with Gasteiger partial charge < -0.3 is 10.2 Å². The van der Waals surface area contributed by atoms with Crippen molar-refractivity contribution in [3.05, 3.63) is 94.0 Å². The molecule has 1 atom stereocenters. The lowest BCUT2D eigenvalue weighted by Crippen LogP contribution is -2.51. The van der Waals surface area contributed by atoms with E-state index >= 15 is 0 Å². The molecule has 3 aromatic rings. The fraction of sp³-hybridized carbons (Fsp3) is 0.310. The fourth-order valence-electron chi connectivity index (χ4n) is 4.02. The van der Waals surface area contributed by atoms with Crippen molar-refractivity contribution in [1.29, 1.82) is 0 Å². The zero-order valence-corrected chi connectivity index (χ0v) is 24.6. The van der Waals surface area contributed by atoms with Crippen LogP contribution in [0.15, 0.2) is 77.7 Å². The highest BCUT2D eigenvalue weighted by Gasteiger charge is 2.33. The first-order valence-corrected chi connectivity index (χ1v) is 14.9. The Hall–Kier alpha value is -3.07. The fourth-order valence-corrected chi connectivity index (χ4v) is 5.82. The van der Waals surface area contributed by atoms with Crippen molar-refractivity contribution in [2.75, 3.05) is 17.4 Å². The molecule has 3 rings (SSSR count). The lowest BCUT2D eigenvalue weighted by atomic mass is 10.1. The van der Waals surface area contributed by atoms with E-state index in [1.165, 1.54) is 29.2 Å². The molecule has 39 heavy (non-hydrogen) atoms. The number of nitrogens with zero attached hydrogens (tertiary/aromatic N) is 2. The van der Waals surface area contributed by atoms with Crippen molar-refractivity contribution in [1.82, 2.24) is 10.2 Å². The van der Waals surface area contributed by atoms with E-state index in [1.807, 2.05) is 6.92 Å². The Morgan fingerprint density at radius 2 is 1.59 bits per heavy atom. The molecule has 10 heteroatoms. The molecule has 0 fully saturated rings. The van der Waals surface area contributed by atoms with Crippen LogP contribution in [0.4, 0.5) is 5.69 Å². The second-order valence-electron chi connectivity index (χ2n) is 9.19. The maximum Gasteiger partial charge on any atom is 0.264 e. The van der Waals surface area contributed by atoms with Gasteiger partial charge in [0.1, 0.15) is 12.6 Å². The van der Waals surface area contributed by atoms with Crippen molar-refractivity contribution in [2.24, 2.45) is 0 Å². The van der Waals surface area contributed by atoms with E-state index in [0.29, 0.717) is 33.4 Å². The van der Waals surface area contributed by atoms with Crippen LogP contribution in [0.1, 0.15) is 37.8 Å². The summed E-state index contributed by atoms with van der Waals surface area (Å²) in [4.78, 5) is 28.3. The minimum Gasteiger partial charge on any atom is -0.354 e. The molecule has 3 aromatic carbocycles. The molecule has 208 valence electrons. The SMILES string of the molecule is CCCCNC(=O)[C@@H](C)N(Cc1ccccc1Cl)C(=O)CN(c1ccccc1C)S(=O)(=O)c1ccc(Cl)cc1. The first-order valence-electron chi connectivity index (χ1n) is 12.7. The maximum absolute atomic E-state index is 13.9. The number of aryl methyl sites for hydroxylation is 1. The lowest BCUT2D eigenvalue weighted by Gasteiger charge is -2.32.